The van der Waals surface area contributed by atoms with Gasteiger partial charge in [-0.1, -0.05) is 6.07 Å². The average molecular weight is 381 g/mol. The molecule has 0 bridgehead atoms. The zero-order chi connectivity index (χ0) is 17.8. The van der Waals surface area contributed by atoms with E-state index in [1.54, 1.807) is 0 Å². The van der Waals surface area contributed by atoms with Gasteiger partial charge in [-0.15, -0.1) is 0 Å². The van der Waals surface area contributed by atoms with E-state index in [0.717, 1.165) is 6.07 Å². The van der Waals surface area contributed by atoms with E-state index < -0.39 is 46.0 Å². The Morgan fingerprint density at radius 1 is 1.32 bits per heavy atom. The summed E-state index contributed by atoms with van der Waals surface area (Å²) >= 11 is 0. The van der Waals surface area contributed by atoms with Crippen LogP contribution < -0.4 is 35.3 Å². The molecule has 3 atom stereocenters. The molecule has 2 heterocycles. The van der Waals surface area contributed by atoms with Crippen LogP contribution in [0.3, 0.4) is 0 Å². The SMILES string of the molecule is NC(C(=O)N1CC[C@@H]2[C@H]1C(=O)N2S(=O)(=O)O)c1ccc(O)c(O)c1.[H-].[Na+]. The molecule has 0 saturated carbocycles. The number of rotatable bonds is 3. The van der Waals surface area contributed by atoms with Gasteiger partial charge in [0.25, 0.3) is 5.91 Å². The predicted molar refractivity (Wildman–Crippen MR) is 80.1 cm³/mol. The van der Waals surface area contributed by atoms with Gasteiger partial charge in [0, 0.05) is 6.54 Å². The van der Waals surface area contributed by atoms with Gasteiger partial charge < -0.3 is 22.3 Å². The molecule has 2 fully saturated rings. The second kappa shape index (κ2) is 6.74. The molecule has 2 aliphatic heterocycles. The second-order valence-electron chi connectivity index (χ2n) is 5.67. The van der Waals surface area contributed by atoms with Crippen LogP contribution in [0.15, 0.2) is 18.2 Å². The summed E-state index contributed by atoms with van der Waals surface area (Å²) in [7, 11) is -4.65. The van der Waals surface area contributed by atoms with Crippen LogP contribution in [0, 0.1) is 0 Å². The van der Waals surface area contributed by atoms with Crippen LogP contribution in [0.4, 0.5) is 0 Å². The number of aromatic hydroxyl groups is 2. The van der Waals surface area contributed by atoms with E-state index in [2.05, 4.69) is 0 Å². The van der Waals surface area contributed by atoms with Crippen molar-refractivity contribution in [2.75, 3.05) is 6.54 Å². The van der Waals surface area contributed by atoms with E-state index in [9.17, 15) is 28.2 Å². The van der Waals surface area contributed by atoms with Crippen LogP contribution in [0.2, 0.25) is 0 Å². The Bertz CT molecular complexity index is 837. The maximum atomic E-state index is 12.5. The van der Waals surface area contributed by atoms with Gasteiger partial charge in [-0.25, -0.2) is 4.31 Å². The zero-order valence-electron chi connectivity index (χ0n) is 14.2. The first-order valence-corrected chi connectivity index (χ1v) is 8.41. The number of hydrogen-bond donors (Lipinski definition) is 4. The van der Waals surface area contributed by atoms with Crippen molar-refractivity contribution in [1.82, 2.24) is 9.21 Å². The summed E-state index contributed by atoms with van der Waals surface area (Å²) in [6.45, 7) is 0.115. The Balaban J connectivity index is 0.00000169. The fourth-order valence-electron chi connectivity index (χ4n) is 3.12. The summed E-state index contributed by atoms with van der Waals surface area (Å²) in [5.74, 6) is -2.30. The summed E-state index contributed by atoms with van der Waals surface area (Å²) in [5.41, 5.74) is 6.09. The van der Waals surface area contributed by atoms with Gasteiger partial charge in [0.05, 0.1) is 6.04 Å². The molecule has 1 aromatic carbocycles. The first kappa shape index (κ1) is 19.9. The number of amides is 2. The molecule has 0 spiro atoms. The Labute approximate surface area is 166 Å². The number of phenolic OH excluding ortho intramolecular Hbond substituents is 2. The first-order valence-electron chi connectivity index (χ1n) is 7.01. The number of β-lactam (4-membered cyclic amide) rings is 1. The maximum absolute atomic E-state index is 12.5. The fraction of sp³-hybridized carbons (Fsp3) is 0.385. The third-order valence-electron chi connectivity index (χ3n) is 4.29. The normalized spacial score (nSPS) is 23.5. The summed E-state index contributed by atoms with van der Waals surface area (Å²) in [6, 6.07) is 0.714. The number of benzene rings is 1. The average Bonchev–Trinajstić information content (AvgIpc) is 2.85. The minimum atomic E-state index is -4.65. The summed E-state index contributed by atoms with van der Waals surface area (Å²) < 4.78 is 31.7. The molecule has 132 valence electrons. The number of fused-ring (bicyclic) bond motifs is 1. The molecule has 2 aliphatic rings. The Morgan fingerprint density at radius 2 is 1.96 bits per heavy atom. The monoisotopic (exact) mass is 381 g/mol. The minimum absolute atomic E-state index is 0. The molecular formula is C13H16N3NaO7S. The van der Waals surface area contributed by atoms with Gasteiger partial charge in [-0.05, 0) is 24.1 Å². The summed E-state index contributed by atoms with van der Waals surface area (Å²) in [5, 5.41) is 18.8. The number of carbonyl (C=O) groups excluding carboxylic acids is 2. The molecule has 25 heavy (non-hydrogen) atoms. The number of likely N-dealkylation sites (tertiary alicyclic amines) is 1. The second-order valence-corrected chi connectivity index (χ2v) is 6.96. The van der Waals surface area contributed by atoms with Crippen molar-refractivity contribution in [2.24, 2.45) is 5.73 Å². The Hall–Kier alpha value is -1.37. The van der Waals surface area contributed by atoms with Crippen LogP contribution >= 0.6 is 0 Å². The molecule has 0 aromatic heterocycles. The van der Waals surface area contributed by atoms with E-state index >= 15 is 0 Å². The van der Waals surface area contributed by atoms with E-state index in [1.165, 1.54) is 17.0 Å². The quantitative estimate of drug-likeness (QED) is 0.177. The molecule has 1 unspecified atom stereocenters. The standard InChI is InChI=1S/C13H15N3O7S.Na.H/c14-10(6-1-2-8(17)9(18)5-6)12(19)15-4-3-7-11(15)13(20)16(7)24(21,22)23;;/h1-2,5,7,10-11,17-18H,3-4,14H2,(H,21,22,23);;/q;+1;-1/t7-,10?,11+;;/m1../s1. The molecule has 0 radical (unpaired) electrons. The Kier molecular flexibility index (Phi) is 5.38. The van der Waals surface area contributed by atoms with E-state index in [4.69, 9.17) is 10.3 Å². The predicted octanol–water partition coefficient (Wildman–Crippen LogP) is -4.17. The minimum Gasteiger partial charge on any atom is -1.00 e. The van der Waals surface area contributed by atoms with E-state index in [0.29, 0.717) is 4.31 Å². The molecule has 0 aliphatic carbocycles. The van der Waals surface area contributed by atoms with Gasteiger partial charge in [-0.3, -0.25) is 14.1 Å². The zero-order valence-corrected chi connectivity index (χ0v) is 16.0. The maximum Gasteiger partial charge on any atom is 1.00 e. The smallest absolute Gasteiger partial charge is 1.00 e. The van der Waals surface area contributed by atoms with Crippen molar-refractivity contribution in [1.29, 1.82) is 0 Å². The molecule has 5 N–H and O–H groups in total. The van der Waals surface area contributed by atoms with Crippen molar-refractivity contribution in [3.05, 3.63) is 23.8 Å². The fourth-order valence-corrected chi connectivity index (χ4v) is 4.02. The van der Waals surface area contributed by atoms with Crippen molar-refractivity contribution in [2.45, 2.75) is 24.5 Å². The van der Waals surface area contributed by atoms with Crippen LogP contribution in [-0.2, 0) is 19.9 Å². The van der Waals surface area contributed by atoms with Gasteiger partial charge in [-0.2, -0.15) is 8.42 Å². The number of carbonyl (C=O) groups is 2. The van der Waals surface area contributed by atoms with Crippen LogP contribution in [0.1, 0.15) is 19.5 Å². The topological polar surface area (TPSA) is 161 Å². The Morgan fingerprint density at radius 3 is 2.52 bits per heavy atom. The third-order valence-corrected chi connectivity index (χ3v) is 5.24. The van der Waals surface area contributed by atoms with Crippen LogP contribution in [-0.4, -0.2) is 62.8 Å². The molecule has 1 aromatic rings. The van der Waals surface area contributed by atoms with Crippen molar-refractivity contribution >= 4 is 22.1 Å². The molecular weight excluding hydrogens is 365 g/mol. The number of phenols is 2. The number of hydrogen-bond acceptors (Lipinski definition) is 7. The van der Waals surface area contributed by atoms with Gasteiger partial charge >= 0.3 is 39.9 Å². The van der Waals surface area contributed by atoms with Gasteiger partial charge in [0.15, 0.2) is 11.5 Å². The van der Waals surface area contributed by atoms with Crippen LogP contribution in [0.5, 0.6) is 11.5 Å². The molecule has 3 rings (SSSR count). The summed E-state index contributed by atoms with van der Waals surface area (Å²) in [6.07, 6.45) is 0.204. The molecule has 2 amide bonds. The van der Waals surface area contributed by atoms with Crippen molar-refractivity contribution < 1.29 is 63.8 Å². The van der Waals surface area contributed by atoms with Crippen molar-refractivity contribution in [3.63, 3.8) is 0 Å². The van der Waals surface area contributed by atoms with Crippen molar-refractivity contribution in [3.8, 4) is 11.5 Å². The van der Waals surface area contributed by atoms with Crippen LogP contribution in [0.25, 0.3) is 0 Å². The largest absolute Gasteiger partial charge is 1.00 e. The summed E-state index contributed by atoms with van der Waals surface area (Å²) in [4.78, 5) is 25.6. The van der Waals surface area contributed by atoms with Gasteiger partial charge in [0.2, 0.25) is 5.91 Å². The third kappa shape index (κ3) is 3.23. The first-order chi connectivity index (χ1) is 11.1. The van der Waals surface area contributed by atoms with Gasteiger partial charge in [0.1, 0.15) is 12.1 Å². The van der Waals surface area contributed by atoms with E-state index in [1.807, 2.05) is 0 Å². The number of nitrogens with zero attached hydrogens (tertiary/aromatic N) is 2. The number of nitrogens with two attached hydrogens (primary N) is 1. The molecule has 10 nitrogen and oxygen atoms in total. The molecule has 2 saturated heterocycles. The van der Waals surface area contributed by atoms with E-state index in [-0.39, 0.29) is 55.3 Å². The molecule has 12 heteroatoms.